The van der Waals surface area contributed by atoms with E-state index >= 15 is 0 Å². The largest absolute Gasteiger partial charge is 0.496 e. The summed E-state index contributed by atoms with van der Waals surface area (Å²) >= 11 is 0. The van der Waals surface area contributed by atoms with Gasteiger partial charge in [-0.05, 0) is 50.8 Å². The first-order valence-electron chi connectivity index (χ1n) is 8.50. The number of carbonyl (C=O) groups excluding carboxylic acids is 1. The van der Waals surface area contributed by atoms with Gasteiger partial charge in [0.1, 0.15) is 5.75 Å². The molecule has 0 spiro atoms. The molecule has 0 aliphatic heterocycles. The van der Waals surface area contributed by atoms with Crippen LogP contribution in [-0.2, 0) is 15.0 Å². The maximum absolute atomic E-state index is 13.0. The van der Waals surface area contributed by atoms with Gasteiger partial charge in [0.25, 0.3) is 0 Å². The van der Waals surface area contributed by atoms with E-state index in [0.717, 1.165) is 42.6 Å². The number of nitrogens with one attached hydrogen (secondary N) is 1. The monoisotopic (exact) mass is 333 g/mol. The van der Waals surface area contributed by atoms with Crippen LogP contribution in [0.1, 0.15) is 50.7 Å². The van der Waals surface area contributed by atoms with Crippen LogP contribution in [0.2, 0.25) is 0 Å². The molecule has 2 rings (SSSR count). The highest BCUT2D eigenvalue weighted by atomic mass is 16.5. The molecule has 5 nitrogen and oxygen atoms in total. The van der Waals surface area contributed by atoms with Crippen molar-refractivity contribution in [1.29, 1.82) is 0 Å². The van der Waals surface area contributed by atoms with Crippen molar-refractivity contribution < 1.29 is 19.4 Å². The van der Waals surface area contributed by atoms with Crippen LogP contribution in [0.3, 0.4) is 0 Å². The number of carboxylic acid groups (broad SMARTS) is 1. The Kier molecular flexibility index (Phi) is 5.52. The molecular formula is C19H27NO4. The van der Waals surface area contributed by atoms with Crippen molar-refractivity contribution in [2.45, 2.75) is 57.9 Å². The molecule has 0 bridgehead atoms. The number of amides is 1. The van der Waals surface area contributed by atoms with Gasteiger partial charge in [-0.2, -0.15) is 0 Å². The average molecular weight is 333 g/mol. The molecule has 1 saturated carbocycles. The predicted molar refractivity (Wildman–Crippen MR) is 92.3 cm³/mol. The molecule has 132 valence electrons. The van der Waals surface area contributed by atoms with E-state index in [2.05, 4.69) is 5.32 Å². The number of aliphatic carboxylic acids is 1. The minimum Gasteiger partial charge on any atom is -0.496 e. The minimum atomic E-state index is -0.903. The minimum absolute atomic E-state index is 0.0773. The van der Waals surface area contributed by atoms with E-state index in [4.69, 9.17) is 9.84 Å². The topological polar surface area (TPSA) is 75.6 Å². The number of benzene rings is 1. The van der Waals surface area contributed by atoms with Crippen LogP contribution in [-0.4, -0.2) is 30.1 Å². The van der Waals surface area contributed by atoms with Crippen molar-refractivity contribution in [3.8, 4) is 5.75 Å². The quantitative estimate of drug-likeness (QED) is 0.839. The summed E-state index contributed by atoms with van der Waals surface area (Å²) in [6.45, 7) is 5.33. The Morgan fingerprint density at radius 2 is 1.88 bits per heavy atom. The van der Waals surface area contributed by atoms with Gasteiger partial charge in [-0.25, -0.2) is 0 Å². The Labute approximate surface area is 143 Å². The highest BCUT2D eigenvalue weighted by Crippen LogP contribution is 2.43. The van der Waals surface area contributed by atoms with Crippen LogP contribution in [0.15, 0.2) is 18.2 Å². The Bertz CT molecular complexity index is 620. The molecule has 24 heavy (non-hydrogen) atoms. The van der Waals surface area contributed by atoms with Crippen LogP contribution in [0.5, 0.6) is 5.75 Å². The van der Waals surface area contributed by atoms with Gasteiger partial charge in [0.05, 0.1) is 18.4 Å². The van der Waals surface area contributed by atoms with Gasteiger partial charge >= 0.3 is 5.97 Å². The summed E-state index contributed by atoms with van der Waals surface area (Å²) in [7, 11) is 1.63. The molecule has 5 heteroatoms. The lowest BCUT2D eigenvalue weighted by Gasteiger charge is -2.31. The number of methoxy groups -OCH3 is 1. The number of carboxylic acids is 1. The van der Waals surface area contributed by atoms with Crippen molar-refractivity contribution in [2.75, 3.05) is 7.11 Å². The third-order valence-corrected chi connectivity index (χ3v) is 5.35. The normalized spacial score (nSPS) is 18.7. The highest BCUT2D eigenvalue weighted by molar-refractivity contribution is 5.89. The van der Waals surface area contributed by atoms with E-state index in [0.29, 0.717) is 0 Å². The zero-order chi connectivity index (χ0) is 17.9. The SMILES string of the molecule is COc1cc(C2(C(=O)NC(C)C(C)C(=O)O)CCCC2)ccc1C. The van der Waals surface area contributed by atoms with E-state index in [1.54, 1.807) is 21.0 Å². The van der Waals surface area contributed by atoms with E-state index in [1.807, 2.05) is 25.1 Å². The maximum atomic E-state index is 13.0. The Balaban J connectivity index is 2.31. The van der Waals surface area contributed by atoms with Crippen molar-refractivity contribution in [3.05, 3.63) is 29.3 Å². The summed E-state index contributed by atoms with van der Waals surface area (Å²) in [5.41, 5.74) is 1.39. The summed E-state index contributed by atoms with van der Waals surface area (Å²) in [5, 5.41) is 12.1. The third-order valence-electron chi connectivity index (χ3n) is 5.35. The average Bonchev–Trinajstić information content (AvgIpc) is 3.05. The smallest absolute Gasteiger partial charge is 0.308 e. The fourth-order valence-corrected chi connectivity index (χ4v) is 3.43. The lowest BCUT2D eigenvalue weighted by atomic mass is 9.77. The zero-order valence-corrected chi connectivity index (χ0v) is 14.9. The Hall–Kier alpha value is -2.04. The molecule has 2 N–H and O–H groups in total. The molecule has 2 unspecified atom stereocenters. The summed E-state index contributed by atoms with van der Waals surface area (Å²) in [6, 6.07) is 5.50. The van der Waals surface area contributed by atoms with Crippen LogP contribution in [0.25, 0.3) is 0 Å². The van der Waals surface area contributed by atoms with Crippen molar-refractivity contribution in [2.24, 2.45) is 5.92 Å². The van der Waals surface area contributed by atoms with Gasteiger partial charge in [0.15, 0.2) is 0 Å². The lowest BCUT2D eigenvalue weighted by molar-refractivity contribution is -0.142. The molecule has 1 aliphatic carbocycles. The zero-order valence-electron chi connectivity index (χ0n) is 14.9. The number of ether oxygens (including phenoxy) is 1. The third kappa shape index (κ3) is 3.40. The predicted octanol–water partition coefficient (Wildman–Crippen LogP) is 3.04. The molecule has 0 heterocycles. The standard InChI is InChI=1S/C19H27NO4/c1-12-7-8-15(11-16(12)24-4)19(9-5-6-10-19)18(23)20-14(3)13(2)17(21)22/h7-8,11,13-14H,5-6,9-10H2,1-4H3,(H,20,23)(H,21,22). The van der Waals surface area contributed by atoms with Gasteiger partial charge in [0.2, 0.25) is 5.91 Å². The first kappa shape index (κ1) is 18.3. The van der Waals surface area contributed by atoms with Gasteiger partial charge < -0.3 is 15.2 Å². The molecule has 0 radical (unpaired) electrons. The van der Waals surface area contributed by atoms with E-state index in [-0.39, 0.29) is 5.91 Å². The second-order valence-electron chi connectivity index (χ2n) is 6.86. The number of hydrogen-bond acceptors (Lipinski definition) is 3. The first-order valence-corrected chi connectivity index (χ1v) is 8.50. The number of aryl methyl sites for hydroxylation is 1. The summed E-state index contributed by atoms with van der Waals surface area (Å²) in [5.74, 6) is -0.828. The Morgan fingerprint density at radius 1 is 1.25 bits per heavy atom. The van der Waals surface area contributed by atoms with Gasteiger partial charge in [0, 0.05) is 6.04 Å². The number of hydrogen-bond donors (Lipinski definition) is 2. The Morgan fingerprint density at radius 3 is 2.42 bits per heavy atom. The summed E-state index contributed by atoms with van der Waals surface area (Å²) < 4.78 is 5.41. The maximum Gasteiger partial charge on any atom is 0.308 e. The van der Waals surface area contributed by atoms with Crippen molar-refractivity contribution in [3.63, 3.8) is 0 Å². The molecule has 1 aromatic rings. The van der Waals surface area contributed by atoms with E-state index in [9.17, 15) is 9.59 Å². The van der Waals surface area contributed by atoms with Crippen LogP contribution >= 0.6 is 0 Å². The van der Waals surface area contributed by atoms with Crippen LogP contribution in [0, 0.1) is 12.8 Å². The molecular weight excluding hydrogens is 306 g/mol. The van der Waals surface area contributed by atoms with E-state index < -0.39 is 23.3 Å². The molecule has 0 saturated heterocycles. The first-order chi connectivity index (χ1) is 11.3. The molecule has 1 aromatic carbocycles. The fourth-order valence-electron chi connectivity index (χ4n) is 3.43. The summed E-state index contributed by atoms with van der Waals surface area (Å²) in [6.07, 6.45) is 3.54. The van der Waals surface area contributed by atoms with Crippen LogP contribution in [0.4, 0.5) is 0 Å². The highest BCUT2D eigenvalue weighted by Gasteiger charge is 2.43. The molecule has 1 aliphatic rings. The molecule has 0 aromatic heterocycles. The number of rotatable bonds is 6. The van der Waals surface area contributed by atoms with Crippen LogP contribution < -0.4 is 10.1 Å². The molecule has 1 amide bonds. The van der Waals surface area contributed by atoms with Crippen molar-refractivity contribution >= 4 is 11.9 Å². The fraction of sp³-hybridized carbons (Fsp3) is 0.579. The number of carbonyl (C=O) groups is 2. The molecule has 2 atom stereocenters. The van der Waals surface area contributed by atoms with E-state index in [1.165, 1.54) is 0 Å². The van der Waals surface area contributed by atoms with Gasteiger partial charge in [-0.1, -0.05) is 25.0 Å². The summed E-state index contributed by atoms with van der Waals surface area (Å²) in [4.78, 5) is 24.2. The second kappa shape index (κ2) is 7.24. The second-order valence-corrected chi connectivity index (χ2v) is 6.86. The van der Waals surface area contributed by atoms with Gasteiger partial charge in [-0.15, -0.1) is 0 Å². The van der Waals surface area contributed by atoms with Gasteiger partial charge in [-0.3, -0.25) is 9.59 Å². The molecule has 1 fully saturated rings. The lowest BCUT2D eigenvalue weighted by Crippen LogP contribution is -2.49. The van der Waals surface area contributed by atoms with Crippen molar-refractivity contribution in [1.82, 2.24) is 5.32 Å².